The number of aromatic nitrogens is 2. The van der Waals surface area contributed by atoms with Crippen molar-refractivity contribution < 1.29 is 4.39 Å². The van der Waals surface area contributed by atoms with E-state index < -0.39 is 0 Å². The second-order valence-electron chi connectivity index (χ2n) is 7.31. The molecule has 0 saturated carbocycles. The molecule has 0 saturated heterocycles. The largest absolute Gasteiger partial charge is 0.365 e. The number of benzene rings is 3. The van der Waals surface area contributed by atoms with Crippen LogP contribution >= 0.6 is 0 Å². The summed E-state index contributed by atoms with van der Waals surface area (Å²) in [4.78, 5) is 11.9. The van der Waals surface area contributed by atoms with Gasteiger partial charge in [-0.2, -0.15) is 4.98 Å². The molecule has 0 fully saturated rings. The molecule has 0 radical (unpaired) electrons. The molecular formula is C24H21FN4. The number of rotatable bonds is 4. The van der Waals surface area contributed by atoms with E-state index in [1.54, 1.807) is 12.1 Å². The third kappa shape index (κ3) is 3.63. The van der Waals surface area contributed by atoms with Crippen molar-refractivity contribution >= 4 is 22.7 Å². The van der Waals surface area contributed by atoms with Gasteiger partial charge >= 0.3 is 0 Å². The zero-order valence-corrected chi connectivity index (χ0v) is 16.0. The van der Waals surface area contributed by atoms with E-state index >= 15 is 0 Å². The predicted molar refractivity (Wildman–Crippen MR) is 114 cm³/mol. The summed E-state index contributed by atoms with van der Waals surface area (Å²) in [5.41, 5.74) is 4.65. The normalized spacial score (nSPS) is 13.3. The summed E-state index contributed by atoms with van der Waals surface area (Å²) in [6.07, 6.45) is 0.991. The Labute approximate surface area is 169 Å². The smallest absolute Gasteiger partial charge is 0.228 e. The van der Waals surface area contributed by atoms with Gasteiger partial charge in [-0.1, -0.05) is 48.5 Å². The van der Waals surface area contributed by atoms with Crippen LogP contribution in [0.5, 0.6) is 0 Å². The molecule has 0 spiro atoms. The van der Waals surface area contributed by atoms with Crippen LogP contribution in [-0.2, 0) is 19.5 Å². The molecule has 0 amide bonds. The quantitative estimate of drug-likeness (QED) is 0.541. The molecule has 29 heavy (non-hydrogen) atoms. The minimum Gasteiger partial charge on any atom is -0.365 e. The molecule has 1 aliphatic heterocycles. The number of fused-ring (bicyclic) bond motifs is 2. The lowest BCUT2D eigenvalue weighted by Gasteiger charge is -2.29. The van der Waals surface area contributed by atoms with Crippen LogP contribution in [0.1, 0.15) is 16.7 Å². The molecule has 2 heterocycles. The number of hydrogen-bond donors (Lipinski definition) is 1. The van der Waals surface area contributed by atoms with Crippen LogP contribution in [0.4, 0.5) is 16.2 Å². The summed E-state index contributed by atoms with van der Waals surface area (Å²) >= 11 is 0. The number of halogens is 1. The Bertz CT molecular complexity index is 1160. The zero-order chi connectivity index (χ0) is 19.6. The highest BCUT2D eigenvalue weighted by molar-refractivity contribution is 5.90. The van der Waals surface area contributed by atoms with Crippen LogP contribution in [0.25, 0.3) is 10.9 Å². The van der Waals surface area contributed by atoms with Crippen molar-refractivity contribution in [3.63, 3.8) is 0 Å². The van der Waals surface area contributed by atoms with E-state index in [1.165, 1.54) is 23.3 Å². The SMILES string of the molecule is Fc1ccc(CNc2nc(N3CCc4ccccc4C3)nc3ccccc23)cc1. The Morgan fingerprint density at radius 1 is 0.862 bits per heavy atom. The highest BCUT2D eigenvalue weighted by Gasteiger charge is 2.19. The van der Waals surface area contributed by atoms with Crippen LogP contribution in [0, 0.1) is 5.82 Å². The number of anilines is 2. The maximum absolute atomic E-state index is 13.2. The van der Waals surface area contributed by atoms with Gasteiger partial charge in [0.25, 0.3) is 0 Å². The van der Waals surface area contributed by atoms with E-state index in [-0.39, 0.29) is 5.82 Å². The van der Waals surface area contributed by atoms with Gasteiger partial charge in [-0.05, 0) is 47.4 Å². The first-order valence-electron chi connectivity index (χ1n) is 9.83. The van der Waals surface area contributed by atoms with E-state index in [9.17, 15) is 4.39 Å². The number of nitrogens with one attached hydrogen (secondary N) is 1. The van der Waals surface area contributed by atoms with Crippen molar-refractivity contribution in [3.8, 4) is 0 Å². The van der Waals surface area contributed by atoms with Crippen molar-refractivity contribution in [1.29, 1.82) is 0 Å². The molecule has 0 unspecified atom stereocenters. The van der Waals surface area contributed by atoms with Crippen molar-refractivity contribution in [2.45, 2.75) is 19.5 Å². The summed E-state index contributed by atoms with van der Waals surface area (Å²) in [7, 11) is 0. The molecule has 1 aromatic heterocycles. The van der Waals surface area contributed by atoms with Crippen molar-refractivity contribution in [2.75, 3.05) is 16.8 Å². The summed E-state index contributed by atoms with van der Waals surface area (Å²) < 4.78 is 13.2. The van der Waals surface area contributed by atoms with Crippen molar-refractivity contribution in [1.82, 2.24) is 9.97 Å². The monoisotopic (exact) mass is 384 g/mol. The van der Waals surface area contributed by atoms with E-state index in [1.807, 2.05) is 24.3 Å². The zero-order valence-electron chi connectivity index (χ0n) is 16.0. The average Bonchev–Trinajstić information content (AvgIpc) is 2.78. The Morgan fingerprint density at radius 3 is 2.48 bits per heavy atom. The van der Waals surface area contributed by atoms with Gasteiger partial charge in [0.1, 0.15) is 11.6 Å². The Kier molecular flexibility index (Phi) is 4.56. The molecule has 4 nitrogen and oxygen atoms in total. The van der Waals surface area contributed by atoms with E-state index in [0.29, 0.717) is 6.54 Å². The number of para-hydroxylation sites is 1. The Balaban J connectivity index is 1.46. The first-order chi connectivity index (χ1) is 14.3. The molecule has 5 rings (SSSR count). The predicted octanol–water partition coefficient (Wildman–Crippen LogP) is 4.94. The molecule has 5 heteroatoms. The van der Waals surface area contributed by atoms with E-state index in [0.717, 1.165) is 47.7 Å². The van der Waals surface area contributed by atoms with Gasteiger partial charge in [0.05, 0.1) is 5.52 Å². The van der Waals surface area contributed by atoms with Crippen molar-refractivity contribution in [3.05, 3.63) is 95.3 Å². The van der Waals surface area contributed by atoms with Crippen molar-refractivity contribution in [2.24, 2.45) is 0 Å². The lowest BCUT2D eigenvalue weighted by Crippen LogP contribution is -2.31. The van der Waals surface area contributed by atoms with Gasteiger partial charge in [0.2, 0.25) is 5.95 Å². The molecule has 3 aromatic carbocycles. The molecule has 0 bridgehead atoms. The molecular weight excluding hydrogens is 363 g/mol. The third-order valence-electron chi connectivity index (χ3n) is 5.38. The van der Waals surface area contributed by atoms with Gasteiger partial charge < -0.3 is 10.2 Å². The second kappa shape index (κ2) is 7.51. The lowest BCUT2D eigenvalue weighted by atomic mass is 10.0. The Morgan fingerprint density at radius 2 is 1.62 bits per heavy atom. The second-order valence-corrected chi connectivity index (χ2v) is 7.31. The molecule has 0 atom stereocenters. The summed E-state index contributed by atoms with van der Waals surface area (Å²) in [6, 6.07) is 23.1. The maximum atomic E-state index is 13.2. The lowest BCUT2D eigenvalue weighted by molar-refractivity contribution is 0.627. The average molecular weight is 384 g/mol. The van der Waals surface area contributed by atoms with Gasteiger partial charge in [0, 0.05) is 25.0 Å². The molecule has 1 N–H and O–H groups in total. The standard InChI is InChI=1S/C24H21FN4/c25-20-11-9-17(10-12-20)15-26-23-21-7-3-4-8-22(21)27-24(28-23)29-14-13-18-5-1-2-6-19(18)16-29/h1-12H,13-16H2,(H,26,27,28). The molecule has 1 aliphatic rings. The van der Waals surface area contributed by atoms with Crippen LogP contribution in [-0.4, -0.2) is 16.5 Å². The van der Waals surface area contributed by atoms with Crippen LogP contribution < -0.4 is 10.2 Å². The van der Waals surface area contributed by atoms with E-state index in [2.05, 4.69) is 34.5 Å². The number of hydrogen-bond acceptors (Lipinski definition) is 4. The fourth-order valence-corrected chi connectivity index (χ4v) is 3.79. The highest BCUT2D eigenvalue weighted by Crippen LogP contribution is 2.27. The first kappa shape index (κ1) is 17.6. The van der Waals surface area contributed by atoms with E-state index in [4.69, 9.17) is 9.97 Å². The highest BCUT2D eigenvalue weighted by atomic mass is 19.1. The summed E-state index contributed by atoms with van der Waals surface area (Å²) in [6.45, 7) is 2.28. The molecule has 144 valence electrons. The Hall–Kier alpha value is -3.47. The molecule has 0 aliphatic carbocycles. The molecule has 4 aromatic rings. The van der Waals surface area contributed by atoms with Crippen LogP contribution in [0.2, 0.25) is 0 Å². The minimum atomic E-state index is -0.228. The van der Waals surface area contributed by atoms with Gasteiger partial charge in [-0.15, -0.1) is 0 Å². The van der Waals surface area contributed by atoms with Crippen LogP contribution in [0.15, 0.2) is 72.8 Å². The number of nitrogens with zero attached hydrogens (tertiary/aromatic N) is 3. The first-order valence-corrected chi connectivity index (χ1v) is 9.83. The van der Waals surface area contributed by atoms with Gasteiger partial charge in [-0.25, -0.2) is 9.37 Å². The fourth-order valence-electron chi connectivity index (χ4n) is 3.79. The topological polar surface area (TPSA) is 41.1 Å². The third-order valence-corrected chi connectivity index (χ3v) is 5.38. The van der Waals surface area contributed by atoms with Gasteiger partial charge in [-0.3, -0.25) is 0 Å². The fraction of sp³-hybridized carbons (Fsp3) is 0.167. The maximum Gasteiger partial charge on any atom is 0.228 e. The van der Waals surface area contributed by atoms with Crippen LogP contribution in [0.3, 0.4) is 0 Å². The summed E-state index contributed by atoms with van der Waals surface area (Å²) in [5.74, 6) is 1.31. The van der Waals surface area contributed by atoms with Gasteiger partial charge in [0.15, 0.2) is 0 Å². The minimum absolute atomic E-state index is 0.228. The summed E-state index contributed by atoms with van der Waals surface area (Å²) in [5, 5.41) is 4.40.